The molecule has 0 N–H and O–H groups in total. The van der Waals surface area contributed by atoms with Gasteiger partial charge in [0.2, 0.25) is 0 Å². The zero-order chi connectivity index (χ0) is 18.5. The fourth-order valence-electron chi connectivity index (χ4n) is 1.96. The van der Waals surface area contributed by atoms with Gasteiger partial charge in [-0.05, 0) is 50.2 Å². The molecule has 0 saturated carbocycles. The van der Waals surface area contributed by atoms with Gasteiger partial charge < -0.3 is 9.47 Å². The molecule has 4 nitrogen and oxygen atoms in total. The van der Waals surface area contributed by atoms with Crippen LogP contribution in [0.2, 0.25) is 0 Å². The number of carbonyl (C=O) groups excluding carboxylic acids is 2. The Bertz CT molecular complexity index is 445. The number of ether oxygens (including phenoxy) is 2. The molecule has 24 heavy (non-hydrogen) atoms. The van der Waals surface area contributed by atoms with Crippen LogP contribution in [0.1, 0.15) is 67.2 Å². The van der Waals surface area contributed by atoms with E-state index in [-0.39, 0.29) is 11.9 Å². The average Bonchev–Trinajstić information content (AvgIpc) is 2.43. The van der Waals surface area contributed by atoms with E-state index < -0.39 is 0 Å². The Labute approximate surface area is 147 Å². The highest BCUT2D eigenvalue weighted by Crippen LogP contribution is 2.09. The van der Waals surface area contributed by atoms with Crippen molar-refractivity contribution in [2.75, 3.05) is 13.2 Å². The number of rotatable bonds is 11. The third-order valence-corrected chi connectivity index (χ3v) is 3.32. The smallest absolute Gasteiger partial charge is 0.306 e. The second kappa shape index (κ2) is 12.8. The van der Waals surface area contributed by atoms with Crippen LogP contribution in [-0.4, -0.2) is 25.2 Å². The van der Waals surface area contributed by atoms with E-state index in [0.717, 1.165) is 18.4 Å². The predicted octanol–water partition coefficient (Wildman–Crippen LogP) is 4.84. The second-order valence-electron chi connectivity index (χ2n) is 7.18. The van der Waals surface area contributed by atoms with Crippen LogP contribution in [0, 0.1) is 11.8 Å². The number of esters is 2. The van der Waals surface area contributed by atoms with Crippen LogP contribution < -0.4 is 0 Å². The lowest BCUT2D eigenvalue weighted by Gasteiger charge is -2.07. The fraction of sp³-hybridized carbons (Fsp3) is 0.700. The normalized spacial score (nSPS) is 12.7. The molecule has 0 radical (unpaired) electrons. The van der Waals surface area contributed by atoms with E-state index in [1.807, 2.05) is 47.6 Å². The molecule has 4 heteroatoms. The van der Waals surface area contributed by atoms with Gasteiger partial charge in [0.05, 0.1) is 0 Å². The van der Waals surface area contributed by atoms with Gasteiger partial charge in [-0.1, -0.05) is 39.3 Å². The summed E-state index contributed by atoms with van der Waals surface area (Å²) in [5, 5.41) is 0. The van der Waals surface area contributed by atoms with Crippen LogP contribution in [0.5, 0.6) is 0 Å². The number of carbonyl (C=O) groups is 2. The van der Waals surface area contributed by atoms with E-state index in [1.54, 1.807) is 0 Å². The summed E-state index contributed by atoms with van der Waals surface area (Å²) in [6.07, 6.45) is 6.75. The minimum atomic E-state index is -0.145. The lowest BCUT2D eigenvalue weighted by Crippen LogP contribution is -2.09. The molecule has 0 heterocycles. The molecule has 0 aliphatic rings. The van der Waals surface area contributed by atoms with Crippen LogP contribution in [0.4, 0.5) is 0 Å². The maximum atomic E-state index is 11.5. The number of hydrogen-bond donors (Lipinski definition) is 0. The Kier molecular flexibility index (Phi) is 12.0. The zero-order valence-electron chi connectivity index (χ0n) is 16.2. The van der Waals surface area contributed by atoms with Crippen molar-refractivity contribution in [1.82, 2.24) is 0 Å². The summed E-state index contributed by atoms with van der Waals surface area (Å²) < 4.78 is 10.4. The maximum absolute atomic E-state index is 11.5. The van der Waals surface area contributed by atoms with Gasteiger partial charge in [0.1, 0.15) is 13.2 Å². The van der Waals surface area contributed by atoms with E-state index in [0.29, 0.717) is 37.9 Å². The van der Waals surface area contributed by atoms with E-state index in [9.17, 15) is 9.59 Å². The Morgan fingerprint density at radius 1 is 0.833 bits per heavy atom. The fourth-order valence-corrected chi connectivity index (χ4v) is 1.96. The lowest BCUT2D eigenvalue weighted by molar-refractivity contribution is -0.144. The molecule has 0 bridgehead atoms. The summed E-state index contributed by atoms with van der Waals surface area (Å²) >= 11 is 0. The Balaban J connectivity index is 3.96. The van der Waals surface area contributed by atoms with Crippen LogP contribution >= 0.6 is 0 Å². The number of hydrogen-bond acceptors (Lipinski definition) is 4. The molecule has 0 saturated heterocycles. The average molecular weight is 338 g/mol. The van der Waals surface area contributed by atoms with E-state index >= 15 is 0 Å². The Morgan fingerprint density at radius 3 is 1.92 bits per heavy atom. The van der Waals surface area contributed by atoms with Crippen molar-refractivity contribution in [1.29, 1.82) is 0 Å². The van der Waals surface area contributed by atoms with E-state index in [4.69, 9.17) is 9.47 Å². The molecule has 0 atom stereocenters. The Morgan fingerprint density at radius 2 is 1.38 bits per heavy atom. The first-order valence-corrected chi connectivity index (χ1v) is 8.83. The molecule has 0 aliphatic carbocycles. The van der Waals surface area contributed by atoms with Crippen molar-refractivity contribution in [3.8, 4) is 0 Å². The highest BCUT2D eigenvalue weighted by molar-refractivity contribution is 5.70. The predicted molar refractivity (Wildman–Crippen MR) is 97.6 cm³/mol. The minimum absolute atomic E-state index is 0.142. The van der Waals surface area contributed by atoms with Gasteiger partial charge in [-0.3, -0.25) is 9.59 Å². The molecule has 0 unspecified atom stereocenters. The first-order valence-electron chi connectivity index (χ1n) is 8.83. The van der Waals surface area contributed by atoms with Crippen molar-refractivity contribution in [3.05, 3.63) is 23.3 Å². The third kappa shape index (κ3) is 14.0. The zero-order valence-corrected chi connectivity index (χ0v) is 16.2. The van der Waals surface area contributed by atoms with Crippen molar-refractivity contribution >= 4 is 11.9 Å². The molecular formula is C20H34O4. The lowest BCUT2D eigenvalue weighted by atomic mass is 10.1. The van der Waals surface area contributed by atoms with Gasteiger partial charge in [-0.2, -0.15) is 0 Å². The van der Waals surface area contributed by atoms with Crippen LogP contribution in [-0.2, 0) is 19.1 Å². The molecule has 138 valence electrons. The monoisotopic (exact) mass is 338 g/mol. The SMILES string of the molecule is CC(=CCOC(=O)CC(C)C)CCC=C(C)COC(=O)CC(C)C. The topological polar surface area (TPSA) is 52.6 Å². The standard InChI is InChI=1S/C20H34O4/c1-15(2)12-19(21)23-11-10-17(5)8-7-9-18(6)14-24-20(22)13-16(3)4/h9-10,15-16H,7-8,11-14H2,1-6H3. The molecular weight excluding hydrogens is 304 g/mol. The van der Waals surface area contributed by atoms with Gasteiger partial charge in [-0.25, -0.2) is 0 Å². The van der Waals surface area contributed by atoms with Gasteiger partial charge in [-0.15, -0.1) is 0 Å². The Hall–Kier alpha value is -1.58. The van der Waals surface area contributed by atoms with Crippen molar-refractivity contribution in [2.24, 2.45) is 11.8 Å². The third-order valence-electron chi connectivity index (χ3n) is 3.32. The highest BCUT2D eigenvalue weighted by atomic mass is 16.5. The molecule has 0 aliphatic heterocycles. The van der Waals surface area contributed by atoms with E-state index in [2.05, 4.69) is 6.08 Å². The van der Waals surface area contributed by atoms with Crippen molar-refractivity contribution in [2.45, 2.75) is 67.2 Å². The second-order valence-corrected chi connectivity index (χ2v) is 7.18. The molecule has 0 fully saturated rings. The van der Waals surface area contributed by atoms with Crippen LogP contribution in [0.3, 0.4) is 0 Å². The summed E-state index contributed by atoms with van der Waals surface area (Å²) in [5.41, 5.74) is 2.25. The number of allylic oxidation sites excluding steroid dienone is 2. The van der Waals surface area contributed by atoms with Gasteiger partial charge in [0.25, 0.3) is 0 Å². The van der Waals surface area contributed by atoms with Crippen molar-refractivity contribution in [3.63, 3.8) is 0 Å². The molecule has 0 rings (SSSR count). The molecule has 0 aromatic carbocycles. The van der Waals surface area contributed by atoms with Crippen molar-refractivity contribution < 1.29 is 19.1 Å². The molecule has 0 aromatic rings. The first kappa shape index (κ1) is 22.4. The molecule has 0 spiro atoms. The minimum Gasteiger partial charge on any atom is -0.461 e. The molecule has 0 aromatic heterocycles. The van der Waals surface area contributed by atoms with E-state index in [1.165, 1.54) is 5.57 Å². The molecule has 0 amide bonds. The highest BCUT2D eigenvalue weighted by Gasteiger charge is 2.06. The van der Waals surface area contributed by atoms with Gasteiger partial charge in [0, 0.05) is 12.8 Å². The summed E-state index contributed by atoms with van der Waals surface area (Å²) in [7, 11) is 0. The van der Waals surface area contributed by atoms with Gasteiger partial charge >= 0.3 is 11.9 Å². The summed E-state index contributed by atoms with van der Waals surface area (Å²) in [6.45, 7) is 12.7. The summed E-state index contributed by atoms with van der Waals surface area (Å²) in [6, 6.07) is 0. The summed E-state index contributed by atoms with van der Waals surface area (Å²) in [5.74, 6) is 0.361. The van der Waals surface area contributed by atoms with Crippen LogP contribution in [0.15, 0.2) is 23.3 Å². The quantitative estimate of drug-likeness (QED) is 0.400. The maximum Gasteiger partial charge on any atom is 0.306 e. The van der Waals surface area contributed by atoms with Gasteiger partial charge in [0.15, 0.2) is 0 Å². The first-order chi connectivity index (χ1) is 11.2. The summed E-state index contributed by atoms with van der Waals surface area (Å²) in [4.78, 5) is 22.9. The van der Waals surface area contributed by atoms with Crippen LogP contribution in [0.25, 0.3) is 0 Å². The largest absolute Gasteiger partial charge is 0.461 e.